The van der Waals surface area contributed by atoms with E-state index in [1.54, 1.807) is 12.5 Å². The van der Waals surface area contributed by atoms with E-state index in [2.05, 4.69) is 37.0 Å². The Morgan fingerprint density at radius 3 is 2.65 bits per heavy atom. The van der Waals surface area contributed by atoms with Crippen LogP contribution in [0.1, 0.15) is 28.7 Å². The van der Waals surface area contributed by atoms with Crippen LogP contribution < -0.4 is 0 Å². The highest BCUT2D eigenvalue weighted by atomic mass is 35.5. The standard InChI is InChI=1S/C25H29ClN2O3/c1-19-4-3-5-20(2)24(19)16-29-14-23-15-30-25(31-23,17-28-13-12-27-18-28)11-10-21-6-8-22(26)9-7-21/h3-9,12-13,18,23H,10-11,14-17H2,1-2H3. The first-order valence-corrected chi connectivity index (χ1v) is 11.1. The molecule has 164 valence electrons. The lowest BCUT2D eigenvalue weighted by Crippen LogP contribution is -2.37. The van der Waals surface area contributed by atoms with Crippen molar-refractivity contribution in [2.75, 3.05) is 13.2 Å². The van der Waals surface area contributed by atoms with Gasteiger partial charge in [-0.15, -0.1) is 0 Å². The number of halogens is 1. The number of hydrogen-bond acceptors (Lipinski definition) is 4. The summed E-state index contributed by atoms with van der Waals surface area (Å²) >= 11 is 6.02. The van der Waals surface area contributed by atoms with Crippen LogP contribution in [0.5, 0.6) is 0 Å². The van der Waals surface area contributed by atoms with E-state index in [4.69, 9.17) is 25.8 Å². The second-order valence-corrected chi connectivity index (χ2v) is 8.64. The van der Waals surface area contributed by atoms with E-state index in [9.17, 15) is 0 Å². The Kier molecular flexibility index (Phi) is 7.08. The molecule has 0 spiro atoms. The van der Waals surface area contributed by atoms with Crippen LogP contribution in [0.3, 0.4) is 0 Å². The van der Waals surface area contributed by atoms with Gasteiger partial charge in [-0.25, -0.2) is 4.98 Å². The molecule has 2 aromatic carbocycles. The summed E-state index contributed by atoms with van der Waals surface area (Å²) in [7, 11) is 0. The molecule has 1 saturated heterocycles. The predicted molar refractivity (Wildman–Crippen MR) is 121 cm³/mol. The second kappa shape index (κ2) is 9.96. The lowest BCUT2D eigenvalue weighted by atomic mass is 10.0. The van der Waals surface area contributed by atoms with Crippen molar-refractivity contribution in [3.63, 3.8) is 0 Å². The molecule has 0 N–H and O–H groups in total. The summed E-state index contributed by atoms with van der Waals surface area (Å²) in [5.74, 6) is -0.701. The van der Waals surface area contributed by atoms with E-state index in [0.717, 1.165) is 17.9 Å². The molecule has 0 aliphatic carbocycles. The average molecular weight is 441 g/mol. The zero-order valence-corrected chi connectivity index (χ0v) is 18.8. The SMILES string of the molecule is Cc1cccc(C)c1COCC1COC(CCc2ccc(Cl)cc2)(Cn2ccnc2)O1. The molecule has 0 saturated carbocycles. The van der Waals surface area contributed by atoms with Crippen LogP contribution in [0.25, 0.3) is 0 Å². The maximum absolute atomic E-state index is 6.44. The van der Waals surface area contributed by atoms with Crippen LogP contribution in [0.2, 0.25) is 5.02 Å². The minimum absolute atomic E-state index is 0.0990. The van der Waals surface area contributed by atoms with Crippen LogP contribution in [-0.4, -0.2) is 34.7 Å². The molecular formula is C25H29ClN2O3. The fourth-order valence-corrected chi connectivity index (χ4v) is 4.13. The van der Waals surface area contributed by atoms with Gasteiger partial charge in [0.15, 0.2) is 5.79 Å². The first-order valence-electron chi connectivity index (χ1n) is 10.7. The fraction of sp³-hybridized carbons (Fsp3) is 0.400. The number of rotatable bonds is 9. The van der Waals surface area contributed by atoms with Gasteiger partial charge in [0.25, 0.3) is 0 Å². The van der Waals surface area contributed by atoms with Crippen molar-refractivity contribution in [3.8, 4) is 0 Å². The number of ether oxygens (including phenoxy) is 3. The maximum atomic E-state index is 6.44. The molecule has 0 bridgehead atoms. The lowest BCUT2D eigenvalue weighted by Gasteiger charge is -2.28. The largest absolute Gasteiger partial charge is 0.374 e. The highest BCUT2D eigenvalue weighted by molar-refractivity contribution is 6.30. The van der Waals surface area contributed by atoms with Gasteiger partial charge in [-0.2, -0.15) is 0 Å². The monoisotopic (exact) mass is 440 g/mol. The predicted octanol–water partition coefficient (Wildman–Crippen LogP) is 5.11. The first-order chi connectivity index (χ1) is 15.0. The van der Waals surface area contributed by atoms with Crippen molar-refractivity contribution in [1.29, 1.82) is 0 Å². The third kappa shape index (κ3) is 5.74. The number of nitrogens with zero attached hydrogens (tertiary/aromatic N) is 2. The third-order valence-corrected chi connectivity index (χ3v) is 6.05. The van der Waals surface area contributed by atoms with Crippen molar-refractivity contribution in [2.24, 2.45) is 0 Å². The summed E-state index contributed by atoms with van der Waals surface area (Å²) < 4.78 is 20.7. The van der Waals surface area contributed by atoms with E-state index in [1.807, 2.05) is 35.0 Å². The molecule has 4 rings (SSSR count). The molecule has 2 atom stereocenters. The van der Waals surface area contributed by atoms with Crippen molar-refractivity contribution in [3.05, 3.63) is 88.5 Å². The summed E-state index contributed by atoms with van der Waals surface area (Å²) in [5, 5.41) is 0.742. The van der Waals surface area contributed by atoms with Crippen molar-refractivity contribution >= 4 is 11.6 Å². The molecule has 2 unspecified atom stereocenters. The number of aryl methyl sites for hydroxylation is 3. The van der Waals surface area contributed by atoms with Crippen LogP contribution >= 0.6 is 11.6 Å². The normalized spacial score (nSPS) is 20.9. The number of benzene rings is 2. The molecule has 1 aliphatic rings. The fourth-order valence-electron chi connectivity index (χ4n) is 4.01. The molecule has 5 nitrogen and oxygen atoms in total. The highest BCUT2D eigenvalue weighted by Crippen LogP contribution is 2.31. The summed E-state index contributed by atoms with van der Waals surface area (Å²) in [4.78, 5) is 4.15. The molecule has 2 heterocycles. The van der Waals surface area contributed by atoms with Crippen molar-refractivity contribution < 1.29 is 14.2 Å². The molecule has 1 aliphatic heterocycles. The molecule has 1 aromatic heterocycles. The van der Waals surface area contributed by atoms with Crippen LogP contribution in [0, 0.1) is 13.8 Å². The Bertz CT molecular complexity index is 955. The second-order valence-electron chi connectivity index (χ2n) is 8.21. The smallest absolute Gasteiger partial charge is 0.187 e. The minimum Gasteiger partial charge on any atom is -0.374 e. The molecule has 0 amide bonds. The molecule has 6 heteroatoms. The third-order valence-electron chi connectivity index (χ3n) is 5.80. The van der Waals surface area contributed by atoms with Gasteiger partial charge in [0.05, 0.1) is 32.7 Å². The van der Waals surface area contributed by atoms with Gasteiger partial charge in [-0.3, -0.25) is 0 Å². The average Bonchev–Trinajstić information content (AvgIpc) is 3.41. The minimum atomic E-state index is -0.701. The Labute approximate surface area is 188 Å². The van der Waals surface area contributed by atoms with Crippen molar-refractivity contribution in [2.45, 2.75) is 51.7 Å². The van der Waals surface area contributed by atoms with E-state index in [-0.39, 0.29) is 6.10 Å². The van der Waals surface area contributed by atoms with Gasteiger partial charge < -0.3 is 18.8 Å². The molecule has 3 aromatic rings. The Morgan fingerprint density at radius 1 is 1.16 bits per heavy atom. The Morgan fingerprint density at radius 2 is 1.94 bits per heavy atom. The van der Waals surface area contributed by atoms with Gasteiger partial charge in [0, 0.05) is 23.8 Å². The summed E-state index contributed by atoms with van der Waals surface area (Å²) in [6, 6.07) is 14.2. The van der Waals surface area contributed by atoms with E-state index in [0.29, 0.717) is 26.4 Å². The highest BCUT2D eigenvalue weighted by Gasteiger charge is 2.41. The van der Waals surface area contributed by atoms with Gasteiger partial charge in [0.1, 0.15) is 6.10 Å². The van der Waals surface area contributed by atoms with Crippen LogP contribution in [-0.2, 0) is 33.8 Å². The van der Waals surface area contributed by atoms with E-state index >= 15 is 0 Å². The lowest BCUT2D eigenvalue weighted by molar-refractivity contribution is -0.187. The van der Waals surface area contributed by atoms with Crippen LogP contribution in [0.15, 0.2) is 61.2 Å². The topological polar surface area (TPSA) is 45.5 Å². The quantitative estimate of drug-likeness (QED) is 0.463. The zero-order chi connectivity index (χ0) is 21.7. The molecule has 31 heavy (non-hydrogen) atoms. The van der Waals surface area contributed by atoms with Gasteiger partial charge in [-0.05, 0) is 54.7 Å². The molecular weight excluding hydrogens is 412 g/mol. The van der Waals surface area contributed by atoms with Gasteiger partial charge >= 0.3 is 0 Å². The van der Waals surface area contributed by atoms with Crippen molar-refractivity contribution in [1.82, 2.24) is 9.55 Å². The van der Waals surface area contributed by atoms with E-state index < -0.39 is 5.79 Å². The van der Waals surface area contributed by atoms with Gasteiger partial charge in [-0.1, -0.05) is 41.9 Å². The number of hydrogen-bond donors (Lipinski definition) is 0. The van der Waals surface area contributed by atoms with E-state index in [1.165, 1.54) is 22.3 Å². The molecule has 1 fully saturated rings. The summed E-state index contributed by atoms with van der Waals surface area (Å²) in [6.45, 7) is 6.43. The molecule has 0 radical (unpaired) electrons. The zero-order valence-electron chi connectivity index (χ0n) is 18.1. The number of imidazole rings is 1. The summed E-state index contributed by atoms with van der Waals surface area (Å²) in [5.41, 5.74) is 4.95. The number of aromatic nitrogens is 2. The first kappa shape index (κ1) is 22.0. The Balaban J connectivity index is 1.37. The maximum Gasteiger partial charge on any atom is 0.187 e. The Hall–Kier alpha value is -2.18. The van der Waals surface area contributed by atoms with Gasteiger partial charge in [0.2, 0.25) is 0 Å². The van der Waals surface area contributed by atoms with Crippen LogP contribution in [0.4, 0.5) is 0 Å². The summed E-state index contributed by atoms with van der Waals surface area (Å²) in [6.07, 6.45) is 6.97.